The maximum atomic E-state index is 11.5. The third-order valence-corrected chi connectivity index (χ3v) is 5.33. The molecule has 0 N–H and O–H groups in total. The highest BCUT2D eigenvalue weighted by Crippen LogP contribution is 2.48. The molecular weight excluding hydrogens is 248 g/mol. The Balaban J connectivity index is 1.78. The van der Waals surface area contributed by atoms with Gasteiger partial charge >= 0.3 is 5.97 Å². The van der Waals surface area contributed by atoms with Crippen LogP contribution in [0.1, 0.15) is 66.8 Å². The van der Waals surface area contributed by atoms with E-state index in [1.807, 2.05) is 12.1 Å². The van der Waals surface area contributed by atoms with Gasteiger partial charge < -0.3 is 4.74 Å². The monoisotopic (exact) mass is 272 g/mol. The molecule has 0 radical (unpaired) electrons. The van der Waals surface area contributed by atoms with Crippen molar-refractivity contribution in [3.63, 3.8) is 0 Å². The minimum Gasteiger partial charge on any atom is -0.465 e. The molecule has 20 heavy (non-hydrogen) atoms. The smallest absolute Gasteiger partial charge is 0.337 e. The Labute approximate surface area is 121 Å². The maximum absolute atomic E-state index is 11.5. The Morgan fingerprint density at radius 2 is 1.70 bits per heavy atom. The zero-order valence-corrected chi connectivity index (χ0v) is 12.3. The fourth-order valence-electron chi connectivity index (χ4n) is 4.34. The summed E-state index contributed by atoms with van der Waals surface area (Å²) in [5.41, 5.74) is 2.08. The Morgan fingerprint density at radius 1 is 1.00 bits per heavy atom. The predicted octanol–water partition coefficient (Wildman–Crippen LogP) is 4.55. The molecule has 0 amide bonds. The molecule has 3 atom stereocenters. The molecule has 1 aromatic carbocycles. The van der Waals surface area contributed by atoms with Gasteiger partial charge in [0.05, 0.1) is 12.7 Å². The molecule has 2 aliphatic carbocycles. The Bertz CT molecular complexity index is 461. The molecule has 2 saturated carbocycles. The molecule has 0 saturated heterocycles. The van der Waals surface area contributed by atoms with Gasteiger partial charge in [-0.05, 0) is 48.3 Å². The highest BCUT2D eigenvalue weighted by Gasteiger charge is 2.35. The van der Waals surface area contributed by atoms with E-state index in [9.17, 15) is 4.79 Å². The van der Waals surface area contributed by atoms with E-state index in [1.165, 1.54) is 57.6 Å². The van der Waals surface area contributed by atoms with E-state index in [1.54, 1.807) is 0 Å². The molecule has 1 aromatic rings. The Morgan fingerprint density at radius 3 is 2.45 bits per heavy atom. The molecular formula is C18H24O2. The van der Waals surface area contributed by atoms with Crippen molar-refractivity contribution >= 4 is 5.97 Å². The van der Waals surface area contributed by atoms with Gasteiger partial charge in [-0.15, -0.1) is 0 Å². The van der Waals surface area contributed by atoms with Gasteiger partial charge in [0.15, 0.2) is 0 Å². The fourth-order valence-corrected chi connectivity index (χ4v) is 4.34. The third kappa shape index (κ3) is 2.61. The van der Waals surface area contributed by atoms with Crippen LogP contribution in [0.4, 0.5) is 0 Å². The van der Waals surface area contributed by atoms with E-state index in [-0.39, 0.29) is 5.97 Å². The van der Waals surface area contributed by atoms with E-state index in [2.05, 4.69) is 12.1 Å². The van der Waals surface area contributed by atoms with Gasteiger partial charge in [-0.25, -0.2) is 4.79 Å². The highest BCUT2D eigenvalue weighted by molar-refractivity contribution is 5.89. The lowest BCUT2D eigenvalue weighted by Crippen LogP contribution is -2.29. The number of hydrogen-bond donors (Lipinski definition) is 0. The summed E-state index contributed by atoms with van der Waals surface area (Å²) < 4.78 is 4.77. The molecule has 2 aliphatic rings. The molecule has 2 fully saturated rings. The van der Waals surface area contributed by atoms with Crippen molar-refractivity contribution < 1.29 is 9.53 Å². The molecule has 0 bridgehead atoms. The summed E-state index contributed by atoms with van der Waals surface area (Å²) in [5, 5.41) is 0. The fraction of sp³-hybridized carbons (Fsp3) is 0.611. The maximum Gasteiger partial charge on any atom is 0.337 e. The summed E-state index contributed by atoms with van der Waals surface area (Å²) in [5.74, 6) is 2.29. The van der Waals surface area contributed by atoms with Crippen LogP contribution in [0.25, 0.3) is 0 Å². The number of carbonyl (C=O) groups is 1. The van der Waals surface area contributed by atoms with Crippen molar-refractivity contribution in [3.05, 3.63) is 35.4 Å². The number of carbonyl (C=O) groups excluding carboxylic acids is 1. The lowest BCUT2D eigenvalue weighted by Gasteiger charge is -2.41. The molecule has 2 heteroatoms. The van der Waals surface area contributed by atoms with Crippen LogP contribution < -0.4 is 0 Å². The van der Waals surface area contributed by atoms with E-state index in [4.69, 9.17) is 4.74 Å². The van der Waals surface area contributed by atoms with Crippen LogP contribution in [0.2, 0.25) is 0 Å². The summed E-state index contributed by atoms with van der Waals surface area (Å²) in [6, 6.07) is 8.14. The first kappa shape index (κ1) is 13.7. The van der Waals surface area contributed by atoms with Gasteiger partial charge in [0.1, 0.15) is 0 Å². The minimum atomic E-state index is -0.240. The van der Waals surface area contributed by atoms with Gasteiger partial charge in [0.25, 0.3) is 0 Å². The van der Waals surface area contributed by atoms with Crippen molar-refractivity contribution in [2.75, 3.05) is 7.11 Å². The van der Waals surface area contributed by atoms with Crippen molar-refractivity contribution in [2.24, 2.45) is 11.8 Å². The molecule has 0 aliphatic heterocycles. The second kappa shape index (κ2) is 5.99. The first-order chi connectivity index (χ1) is 9.79. The average Bonchev–Trinajstić information content (AvgIpc) is 2.54. The quantitative estimate of drug-likeness (QED) is 0.738. The first-order valence-corrected chi connectivity index (χ1v) is 7.98. The van der Waals surface area contributed by atoms with Crippen LogP contribution in [0, 0.1) is 11.8 Å². The normalized spacial score (nSPS) is 29.6. The molecule has 108 valence electrons. The zero-order chi connectivity index (χ0) is 13.9. The van der Waals surface area contributed by atoms with E-state index < -0.39 is 0 Å². The molecule has 2 nitrogen and oxygen atoms in total. The van der Waals surface area contributed by atoms with E-state index in [0.717, 1.165) is 11.8 Å². The van der Waals surface area contributed by atoms with Crippen LogP contribution >= 0.6 is 0 Å². The number of rotatable bonds is 2. The largest absolute Gasteiger partial charge is 0.465 e. The van der Waals surface area contributed by atoms with Crippen molar-refractivity contribution in [2.45, 2.75) is 50.9 Å². The second-order valence-corrected chi connectivity index (χ2v) is 6.36. The predicted molar refractivity (Wildman–Crippen MR) is 79.8 cm³/mol. The minimum absolute atomic E-state index is 0.240. The van der Waals surface area contributed by atoms with Crippen molar-refractivity contribution in [1.29, 1.82) is 0 Å². The summed E-state index contributed by atoms with van der Waals surface area (Å²) in [6.07, 6.45) is 9.77. The number of esters is 1. The van der Waals surface area contributed by atoms with Crippen LogP contribution in [-0.2, 0) is 4.74 Å². The lowest BCUT2D eigenvalue weighted by atomic mass is 9.64. The summed E-state index contributed by atoms with van der Waals surface area (Å²) in [7, 11) is 1.43. The van der Waals surface area contributed by atoms with Gasteiger partial charge in [-0.1, -0.05) is 44.2 Å². The van der Waals surface area contributed by atoms with Crippen LogP contribution in [0.5, 0.6) is 0 Å². The van der Waals surface area contributed by atoms with Gasteiger partial charge in [-0.3, -0.25) is 0 Å². The molecule has 0 spiro atoms. The number of ether oxygens (including phenoxy) is 1. The summed E-state index contributed by atoms with van der Waals surface area (Å²) in [4.78, 5) is 11.5. The molecule has 0 aromatic heterocycles. The topological polar surface area (TPSA) is 26.3 Å². The standard InChI is InChI=1S/C18H24O2/c1-20-18(19)15-11-9-14(10-12-15)17-8-4-6-13-5-2-3-7-16(13)17/h9-13,16-17H,2-8H2,1H3. The van der Waals surface area contributed by atoms with Crippen LogP contribution in [0.15, 0.2) is 24.3 Å². The van der Waals surface area contributed by atoms with Crippen molar-refractivity contribution in [1.82, 2.24) is 0 Å². The highest BCUT2D eigenvalue weighted by atomic mass is 16.5. The average molecular weight is 272 g/mol. The number of methoxy groups -OCH3 is 1. The van der Waals surface area contributed by atoms with E-state index >= 15 is 0 Å². The lowest BCUT2D eigenvalue weighted by molar-refractivity contribution is 0.0600. The van der Waals surface area contributed by atoms with Gasteiger partial charge in [0.2, 0.25) is 0 Å². The molecule has 3 rings (SSSR count). The zero-order valence-electron chi connectivity index (χ0n) is 12.3. The summed E-state index contributed by atoms with van der Waals surface area (Å²) >= 11 is 0. The van der Waals surface area contributed by atoms with Crippen LogP contribution in [-0.4, -0.2) is 13.1 Å². The number of fused-ring (bicyclic) bond motifs is 1. The second-order valence-electron chi connectivity index (χ2n) is 6.36. The van der Waals surface area contributed by atoms with Gasteiger partial charge in [0, 0.05) is 0 Å². The SMILES string of the molecule is COC(=O)c1ccc(C2CCCC3CCCCC32)cc1. The molecule has 3 unspecified atom stereocenters. The number of benzene rings is 1. The van der Waals surface area contributed by atoms with Crippen molar-refractivity contribution in [3.8, 4) is 0 Å². The van der Waals surface area contributed by atoms with Crippen LogP contribution in [0.3, 0.4) is 0 Å². The van der Waals surface area contributed by atoms with E-state index in [0.29, 0.717) is 11.5 Å². The summed E-state index contributed by atoms with van der Waals surface area (Å²) in [6.45, 7) is 0. The Kier molecular flexibility index (Phi) is 4.09. The Hall–Kier alpha value is -1.31. The third-order valence-electron chi connectivity index (χ3n) is 5.33. The molecule has 0 heterocycles. The first-order valence-electron chi connectivity index (χ1n) is 7.98. The van der Waals surface area contributed by atoms with Gasteiger partial charge in [-0.2, -0.15) is 0 Å². The number of hydrogen-bond acceptors (Lipinski definition) is 2.